The standard InChI is InChI=1S/C19H24.3C2H6/c1-7-12-18-14(6)19(13-8-2)17(11-5)15(9-3)16(18)10-4;3*1-2/h7-10,12-13H,3-4,11H2,1-2,5-6H3;3*1-2H3/b12-7-,13-8-;;;. The minimum absolute atomic E-state index is 0.999. The summed E-state index contributed by atoms with van der Waals surface area (Å²) in [6, 6.07) is 0. The van der Waals surface area contributed by atoms with Crippen molar-refractivity contribution in [3.05, 3.63) is 58.7 Å². The molecule has 0 amide bonds. The lowest BCUT2D eigenvalue weighted by molar-refractivity contribution is 1.11. The second-order valence-electron chi connectivity index (χ2n) is 4.52. The smallest absolute Gasteiger partial charge is 0.0112 e. The van der Waals surface area contributed by atoms with E-state index in [-0.39, 0.29) is 0 Å². The molecule has 0 spiro atoms. The van der Waals surface area contributed by atoms with E-state index in [1.54, 1.807) is 0 Å². The Morgan fingerprint density at radius 1 is 0.680 bits per heavy atom. The normalized spacial score (nSPS) is 9.36. The molecule has 0 heteroatoms. The number of allylic oxidation sites excluding steroid dienone is 2. The lowest BCUT2D eigenvalue weighted by atomic mass is 9.85. The Kier molecular flexibility index (Phi) is 20.7. The summed E-state index contributed by atoms with van der Waals surface area (Å²) in [6.45, 7) is 28.4. The van der Waals surface area contributed by atoms with Gasteiger partial charge in [0, 0.05) is 0 Å². The molecule has 0 saturated carbocycles. The summed E-state index contributed by atoms with van der Waals surface area (Å²) >= 11 is 0. The van der Waals surface area contributed by atoms with Gasteiger partial charge in [-0.2, -0.15) is 0 Å². The molecule has 0 unspecified atom stereocenters. The van der Waals surface area contributed by atoms with E-state index >= 15 is 0 Å². The Labute approximate surface area is 159 Å². The van der Waals surface area contributed by atoms with Crippen molar-refractivity contribution < 1.29 is 0 Å². The summed E-state index contributed by atoms with van der Waals surface area (Å²) in [5.41, 5.74) is 7.64. The van der Waals surface area contributed by atoms with Crippen LogP contribution >= 0.6 is 0 Å². The maximum absolute atomic E-state index is 3.98. The topological polar surface area (TPSA) is 0 Å². The van der Waals surface area contributed by atoms with Crippen molar-refractivity contribution in [3.63, 3.8) is 0 Å². The molecule has 1 aromatic rings. The van der Waals surface area contributed by atoms with Crippen LogP contribution in [-0.2, 0) is 6.42 Å². The lowest BCUT2D eigenvalue weighted by Gasteiger charge is -2.19. The van der Waals surface area contributed by atoms with Gasteiger partial charge in [-0.15, -0.1) is 0 Å². The number of benzene rings is 1. The average Bonchev–Trinajstić information content (AvgIpc) is 2.69. The molecular weight excluding hydrogens is 300 g/mol. The van der Waals surface area contributed by atoms with Crippen LogP contribution in [0.5, 0.6) is 0 Å². The minimum Gasteiger partial charge on any atom is -0.0984 e. The van der Waals surface area contributed by atoms with E-state index in [1.165, 1.54) is 33.4 Å². The quantitative estimate of drug-likeness (QED) is 0.500. The van der Waals surface area contributed by atoms with Crippen molar-refractivity contribution in [1.82, 2.24) is 0 Å². The van der Waals surface area contributed by atoms with Crippen molar-refractivity contribution in [2.45, 2.75) is 75.7 Å². The molecule has 0 aliphatic carbocycles. The lowest BCUT2D eigenvalue weighted by Crippen LogP contribution is -2.02. The van der Waals surface area contributed by atoms with Gasteiger partial charge >= 0.3 is 0 Å². The molecule has 1 rings (SSSR count). The van der Waals surface area contributed by atoms with Gasteiger partial charge in [-0.05, 0) is 60.6 Å². The highest BCUT2D eigenvalue weighted by molar-refractivity contribution is 5.81. The third kappa shape index (κ3) is 7.73. The highest BCUT2D eigenvalue weighted by Crippen LogP contribution is 2.32. The molecule has 0 aliphatic rings. The summed E-state index contributed by atoms with van der Waals surface area (Å²) in [5, 5.41) is 0. The second kappa shape index (κ2) is 18.5. The molecule has 0 nitrogen and oxygen atoms in total. The molecule has 0 aromatic heterocycles. The van der Waals surface area contributed by atoms with Crippen LogP contribution in [0.15, 0.2) is 25.3 Å². The first-order valence-electron chi connectivity index (χ1n) is 9.85. The average molecular weight is 343 g/mol. The molecular formula is C25H42. The second-order valence-corrected chi connectivity index (χ2v) is 4.52. The maximum atomic E-state index is 3.98. The van der Waals surface area contributed by atoms with Gasteiger partial charge in [-0.3, -0.25) is 0 Å². The van der Waals surface area contributed by atoms with Gasteiger partial charge in [0.1, 0.15) is 0 Å². The van der Waals surface area contributed by atoms with E-state index in [0.717, 1.165) is 6.42 Å². The van der Waals surface area contributed by atoms with Gasteiger partial charge in [0.25, 0.3) is 0 Å². The molecule has 142 valence electrons. The zero-order valence-corrected chi connectivity index (χ0v) is 18.6. The van der Waals surface area contributed by atoms with Gasteiger partial charge in [-0.1, -0.05) is 98.1 Å². The monoisotopic (exact) mass is 342 g/mol. The highest BCUT2D eigenvalue weighted by Gasteiger charge is 2.14. The van der Waals surface area contributed by atoms with Crippen molar-refractivity contribution in [2.24, 2.45) is 0 Å². The Morgan fingerprint density at radius 2 is 1.08 bits per heavy atom. The van der Waals surface area contributed by atoms with Gasteiger partial charge in [0.2, 0.25) is 0 Å². The van der Waals surface area contributed by atoms with Crippen LogP contribution in [-0.4, -0.2) is 0 Å². The first-order valence-corrected chi connectivity index (χ1v) is 9.85. The Hall–Kier alpha value is -1.82. The molecule has 25 heavy (non-hydrogen) atoms. The third-order valence-corrected chi connectivity index (χ3v) is 3.47. The van der Waals surface area contributed by atoms with Gasteiger partial charge in [0.15, 0.2) is 0 Å². The van der Waals surface area contributed by atoms with Gasteiger partial charge in [-0.25, -0.2) is 0 Å². The SMILES string of the molecule is C=Cc1c(C=C)c(CC)c(/C=C\C)c(C)c1/C=C\C.CC.CC.CC. The van der Waals surface area contributed by atoms with Crippen LogP contribution in [0.25, 0.3) is 24.3 Å². The van der Waals surface area contributed by atoms with Crippen molar-refractivity contribution in [2.75, 3.05) is 0 Å². The van der Waals surface area contributed by atoms with Crippen molar-refractivity contribution in [3.8, 4) is 0 Å². The number of hydrogen-bond acceptors (Lipinski definition) is 0. The van der Waals surface area contributed by atoms with Crippen LogP contribution in [0.2, 0.25) is 0 Å². The zero-order chi connectivity index (χ0) is 20.4. The first-order chi connectivity index (χ1) is 12.2. The molecule has 0 bridgehead atoms. The van der Waals surface area contributed by atoms with Crippen LogP contribution in [0.4, 0.5) is 0 Å². The third-order valence-electron chi connectivity index (χ3n) is 3.47. The van der Waals surface area contributed by atoms with E-state index in [2.05, 4.69) is 58.2 Å². The summed E-state index contributed by atoms with van der Waals surface area (Å²) in [4.78, 5) is 0. The fraction of sp³-hybridized carbons (Fsp3) is 0.440. The van der Waals surface area contributed by atoms with E-state index < -0.39 is 0 Å². The summed E-state index contributed by atoms with van der Waals surface area (Å²) in [6.07, 6.45) is 13.4. The predicted molar refractivity (Wildman–Crippen MR) is 124 cm³/mol. The van der Waals surface area contributed by atoms with Crippen LogP contribution in [0.3, 0.4) is 0 Å². The van der Waals surface area contributed by atoms with E-state index in [4.69, 9.17) is 0 Å². The predicted octanol–water partition coefficient (Wildman–Crippen LogP) is 8.99. The number of rotatable bonds is 5. The molecule has 0 fully saturated rings. The largest absolute Gasteiger partial charge is 0.0984 e. The van der Waals surface area contributed by atoms with E-state index in [1.807, 2.05) is 60.6 Å². The van der Waals surface area contributed by atoms with Gasteiger partial charge < -0.3 is 0 Å². The summed E-state index contributed by atoms with van der Waals surface area (Å²) in [7, 11) is 0. The maximum Gasteiger partial charge on any atom is -0.0112 e. The highest BCUT2D eigenvalue weighted by atomic mass is 14.2. The molecule has 0 aliphatic heterocycles. The first kappa shape index (κ1) is 28.0. The van der Waals surface area contributed by atoms with Crippen LogP contribution < -0.4 is 0 Å². The molecule has 0 N–H and O–H groups in total. The fourth-order valence-corrected chi connectivity index (χ4v) is 2.63. The number of hydrogen-bond donors (Lipinski definition) is 0. The Morgan fingerprint density at radius 3 is 1.40 bits per heavy atom. The van der Waals surface area contributed by atoms with Crippen molar-refractivity contribution >= 4 is 24.3 Å². The summed E-state index contributed by atoms with van der Waals surface area (Å²) < 4.78 is 0. The zero-order valence-electron chi connectivity index (χ0n) is 18.6. The van der Waals surface area contributed by atoms with Crippen LogP contribution in [0, 0.1) is 6.92 Å². The van der Waals surface area contributed by atoms with Crippen LogP contribution in [0.1, 0.15) is 95.7 Å². The minimum atomic E-state index is 0.999. The van der Waals surface area contributed by atoms with Gasteiger partial charge in [0.05, 0.1) is 0 Å². The molecule has 0 saturated heterocycles. The van der Waals surface area contributed by atoms with E-state index in [0.29, 0.717) is 0 Å². The molecule has 1 aromatic carbocycles. The summed E-state index contributed by atoms with van der Waals surface area (Å²) in [5.74, 6) is 0. The molecule has 0 atom stereocenters. The Bertz CT molecular complexity index is 540. The van der Waals surface area contributed by atoms with Crippen molar-refractivity contribution in [1.29, 1.82) is 0 Å². The fourth-order valence-electron chi connectivity index (χ4n) is 2.63. The Balaban J connectivity index is -0.000000725. The molecule has 0 heterocycles. The molecule has 0 radical (unpaired) electrons. The van der Waals surface area contributed by atoms with E-state index in [9.17, 15) is 0 Å².